The highest BCUT2D eigenvalue weighted by Crippen LogP contribution is 2.26. The standard InChI is InChI=1S/C21H25NO4S/c1-13-6-9-17(10-7-13)27-16(4)21(24)26-15(3)20(23)22-18-12-14(2)8-11-19(18)25-5/h6-12,15-16H,1-5H3,(H,22,23)/t15-,16+/m1/s1. The molecule has 0 aromatic heterocycles. The van der Waals surface area contributed by atoms with Crippen LogP contribution in [0.25, 0.3) is 0 Å². The first-order valence-electron chi connectivity index (χ1n) is 8.69. The number of nitrogens with one attached hydrogen (secondary N) is 1. The van der Waals surface area contributed by atoms with Gasteiger partial charge in [0.25, 0.3) is 5.91 Å². The van der Waals surface area contributed by atoms with Gasteiger partial charge in [0.15, 0.2) is 6.10 Å². The second-order valence-corrected chi connectivity index (χ2v) is 7.76. The number of hydrogen-bond acceptors (Lipinski definition) is 5. The van der Waals surface area contributed by atoms with Crippen LogP contribution in [0.3, 0.4) is 0 Å². The van der Waals surface area contributed by atoms with E-state index in [1.807, 2.05) is 44.2 Å². The highest BCUT2D eigenvalue weighted by Gasteiger charge is 2.23. The lowest BCUT2D eigenvalue weighted by Crippen LogP contribution is -2.32. The normalized spacial score (nSPS) is 12.8. The maximum absolute atomic E-state index is 12.4. The van der Waals surface area contributed by atoms with E-state index in [0.29, 0.717) is 11.4 Å². The molecule has 1 amide bonds. The Morgan fingerprint density at radius 2 is 1.63 bits per heavy atom. The highest BCUT2D eigenvalue weighted by atomic mass is 32.2. The number of aryl methyl sites for hydroxylation is 2. The molecule has 2 aromatic rings. The molecule has 2 aromatic carbocycles. The molecule has 0 aliphatic carbocycles. The zero-order valence-corrected chi connectivity index (χ0v) is 17.1. The molecule has 0 aliphatic rings. The lowest BCUT2D eigenvalue weighted by atomic mass is 10.2. The van der Waals surface area contributed by atoms with E-state index in [1.165, 1.54) is 18.9 Å². The van der Waals surface area contributed by atoms with Crippen molar-refractivity contribution in [3.8, 4) is 5.75 Å². The van der Waals surface area contributed by atoms with Crippen molar-refractivity contribution in [1.29, 1.82) is 0 Å². The van der Waals surface area contributed by atoms with Crippen LogP contribution in [0.5, 0.6) is 5.75 Å². The van der Waals surface area contributed by atoms with Gasteiger partial charge in [-0.1, -0.05) is 23.8 Å². The fourth-order valence-electron chi connectivity index (χ4n) is 2.35. The fraction of sp³-hybridized carbons (Fsp3) is 0.333. The molecule has 144 valence electrons. The predicted octanol–water partition coefficient (Wildman–Crippen LogP) is 4.36. The minimum absolute atomic E-state index is 0.403. The minimum atomic E-state index is -0.913. The largest absolute Gasteiger partial charge is 0.495 e. The Morgan fingerprint density at radius 1 is 1.00 bits per heavy atom. The molecule has 0 fully saturated rings. The van der Waals surface area contributed by atoms with Crippen LogP contribution in [0.15, 0.2) is 47.4 Å². The zero-order chi connectivity index (χ0) is 20.0. The Kier molecular flexibility index (Phi) is 7.30. The second kappa shape index (κ2) is 9.46. The summed E-state index contributed by atoms with van der Waals surface area (Å²) < 4.78 is 10.6. The van der Waals surface area contributed by atoms with Crippen LogP contribution in [0.1, 0.15) is 25.0 Å². The molecule has 2 rings (SSSR count). The molecule has 2 atom stereocenters. The predicted molar refractivity (Wildman–Crippen MR) is 108 cm³/mol. The Labute approximate surface area is 164 Å². The summed E-state index contributed by atoms with van der Waals surface area (Å²) in [4.78, 5) is 25.7. The van der Waals surface area contributed by atoms with Crippen molar-refractivity contribution >= 4 is 29.3 Å². The third kappa shape index (κ3) is 6.03. The molecule has 0 radical (unpaired) electrons. The van der Waals surface area contributed by atoms with Crippen LogP contribution in [-0.4, -0.2) is 30.3 Å². The van der Waals surface area contributed by atoms with Crippen molar-refractivity contribution in [2.75, 3.05) is 12.4 Å². The summed E-state index contributed by atoms with van der Waals surface area (Å²) in [5, 5.41) is 2.33. The van der Waals surface area contributed by atoms with Gasteiger partial charge in [-0.05, 0) is 57.5 Å². The molecule has 0 saturated heterocycles. The number of ether oxygens (including phenoxy) is 2. The summed E-state index contributed by atoms with van der Waals surface area (Å²) in [7, 11) is 1.54. The number of esters is 1. The molecule has 0 spiro atoms. The van der Waals surface area contributed by atoms with E-state index >= 15 is 0 Å². The monoisotopic (exact) mass is 387 g/mol. The summed E-state index contributed by atoms with van der Waals surface area (Å²) in [6.07, 6.45) is -0.913. The lowest BCUT2D eigenvalue weighted by molar-refractivity contribution is -0.152. The molecule has 0 bridgehead atoms. The highest BCUT2D eigenvalue weighted by molar-refractivity contribution is 8.00. The first-order chi connectivity index (χ1) is 12.8. The zero-order valence-electron chi connectivity index (χ0n) is 16.2. The topological polar surface area (TPSA) is 64.6 Å². The van der Waals surface area contributed by atoms with Crippen molar-refractivity contribution in [2.45, 2.75) is 43.9 Å². The summed E-state index contributed by atoms with van der Waals surface area (Å²) in [6, 6.07) is 13.4. The van der Waals surface area contributed by atoms with E-state index in [4.69, 9.17) is 9.47 Å². The van der Waals surface area contributed by atoms with Crippen molar-refractivity contribution in [3.05, 3.63) is 53.6 Å². The first-order valence-corrected chi connectivity index (χ1v) is 9.57. The number of rotatable bonds is 7. The Balaban J connectivity index is 1.94. The van der Waals surface area contributed by atoms with E-state index in [2.05, 4.69) is 5.32 Å². The number of amides is 1. The minimum Gasteiger partial charge on any atom is -0.495 e. The molecule has 5 nitrogen and oxygen atoms in total. The van der Waals surface area contributed by atoms with Crippen LogP contribution in [0.2, 0.25) is 0 Å². The van der Waals surface area contributed by atoms with Crippen molar-refractivity contribution in [1.82, 2.24) is 0 Å². The molecular formula is C21H25NO4S. The van der Waals surface area contributed by atoms with Crippen molar-refractivity contribution in [3.63, 3.8) is 0 Å². The van der Waals surface area contributed by atoms with Gasteiger partial charge in [0.2, 0.25) is 0 Å². The molecular weight excluding hydrogens is 362 g/mol. The number of hydrogen-bond donors (Lipinski definition) is 1. The van der Waals surface area contributed by atoms with Crippen LogP contribution >= 0.6 is 11.8 Å². The van der Waals surface area contributed by atoms with Gasteiger partial charge in [-0.2, -0.15) is 0 Å². The van der Waals surface area contributed by atoms with Crippen LogP contribution < -0.4 is 10.1 Å². The maximum atomic E-state index is 12.4. The van der Waals surface area contributed by atoms with Crippen molar-refractivity contribution in [2.24, 2.45) is 0 Å². The Morgan fingerprint density at radius 3 is 2.26 bits per heavy atom. The van der Waals surface area contributed by atoms with Crippen LogP contribution in [0.4, 0.5) is 5.69 Å². The maximum Gasteiger partial charge on any atom is 0.319 e. The van der Waals surface area contributed by atoms with E-state index in [0.717, 1.165) is 16.0 Å². The summed E-state index contributed by atoms with van der Waals surface area (Å²) in [5.74, 6) is -0.282. The lowest BCUT2D eigenvalue weighted by Gasteiger charge is -2.17. The quantitative estimate of drug-likeness (QED) is 0.565. The third-order valence-corrected chi connectivity index (χ3v) is 5.03. The van der Waals surface area contributed by atoms with Gasteiger partial charge in [0.1, 0.15) is 11.0 Å². The van der Waals surface area contributed by atoms with Crippen LogP contribution in [0, 0.1) is 13.8 Å². The summed E-state index contributed by atoms with van der Waals surface area (Å²) >= 11 is 1.40. The van der Waals surface area contributed by atoms with Crippen LogP contribution in [-0.2, 0) is 14.3 Å². The van der Waals surface area contributed by atoms with Gasteiger partial charge in [-0.3, -0.25) is 9.59 Å². The summed E-state index contributed by atoms with van der Waals surface area (Å²) in [6.45, 7) is 7.25. The van der Waals surface area contributed by atoms with Gasteiger partial charge in [0.05, 0.1) is 12.8 Å². The molecule has 6 heteroatoms. The number of carbonyl (C=O) groups excluding carboxylic acids is 2. The van der Waals surface area contributed by atoms with Crippen molar-refractivity contribution < 1.29 is 19.1 Å². The number of carbonyl (C=O) groups is 2. The fourth-order valence-corrected chi connectivity index (χ4v) is 3.20. The molecule has 1 N–H and O–H groups in total. The molecule has 0 saturated carbocycles. The van der Waals surface area contributed by atoms with E-state index in [1.54, 1.807) is 26.0 Å². The molecule has 27 heavy (non-hydrogen) atoms. The Hall–Kier alpha value is -2.47. The average Bonchev–Trinajstić information content (AvgIpc) is 2.63. The number of methoxy groups -OCH3 is 1. The molecule has 0 aliphatic heterocycles. The first kappa shape index (κ1) is 20.8. The average molecular weight is 388 g/mol. The summed E-state index contributed by atoms with van der Waals surface area (Å²) in [5.41, 5.74) is 2.69. The van der Waals surface area contributed by atoms with E-state index in [9.17, 15) is 9.59 Å². The third-order valence-electron chi connectivity index (χ3n) is 3.94. The molecule has 0 unspecified atom stereocenters. The SMILES string of the molecule is COc1ccc(C)cc1NC(=O)[C@@H](C)OC(=O)[C@H](C)Sc1ccc(C)cc1. The number of anilines is 1. The van der Waals surface area contributed by atoms with E-state index in [-0.39, 0.29) is 0 Å². The molecule has 0 heterocycles. The Bertz CT molecular complexity index is 804. The van der Waals surface area contributed by atoms with Gasteiger partial charge >= 0.3 is 5.97 Å². The van der Waals surface area contributed by atoms with Gasteiger partial charge in [0, 0.05) is 4.90 Å². The number of benzene rings is 2. The van der Waals surface area contributed by atoms with Gasteiger partial charge < -0.3 is 14.8 Å². The van der Waals surface area contributed by atoms with Gasteiger partial charge in [-0.15, -0.1) is 11.8 Å². The second-order valence-electron chi connectivity index (χ2n) is 6.35. The smallest absolute Gasteiger partial charge is 0.319 e. The number of thioether (sulfide) groups is 1. The van der Waals surface area contributed by atoms with Gasteiger partial charge in [-0.25, -0.2) is 0 Å². The van der Waals surface area contributed by atoms with E-state index < -0.39 is 23.2 Å².